The van der Waals surface area contributed by atoms with E-state index in [0.717, 1.165) is 36.8 Å². The first-order valence-corrected chi connectivity index (χ1v) is 10.2. The molecule has 0 bridgehead atoms. The van der Waals surface area contributed by atoms with E-state index in [9.17, 15) is 15.3 Å². The van der Waals surface area contributed by atoms with E-state index < -0.39 is 30.6 Å². The molecule has 3 aromatic rings. The van der Waals surface area contributed by atoms with Crippen molar-refractivity contribution in [3.63, 3.8) is 0 Å². The minimum Gasteiger partial charge on any atom is -0.387 e. The normalized spacial score (nSPS) is 27.0. The van der Waals surface area contributed by atoms with Crippen LogP contribution in [0.25, 0.3) is 11.0 Å². The summed E-state index contributed by atoms with van der Waals surface area (Å²) in [5, 5.41) is 33.1. The lowest BCUT2D eigenvalue weighted by Crippen LogP contribution is -2.35. The van der Waals surface area contributed by atoms with Crippen LogP contribution in [0.15, 0.2) is 36.8 Å². The maximum absolute atomic E-state index is 10.9. The van der Waals surface area contributed by atoms with Crippen LogP contribution < -0.4 is 0 Å². The van der Waals surface area contributed by atoms with Crippen LogP contribution >= 0.6 is 0 Å². The number of aliphatic hydroxyl groups excluding tert-OH is 3. The van der Waals surface area contributed by atoms with Crippen LogP contribution in [0, 0.1) is 0 Å². The van der Waals surface area contributed by atoms with Crippen molar-refractivity contribution in [2.75, 3.05) is 0 Å². The molecule has 1 aliphatic heterocycles. The molecule has 1 aromatic carbocycles. The van der Waals surface area contributed by atoms with Gasteiger partial charge in [0, 0.05) is 11.6 Å². The molecule has 1 aliphatic carbocycles. The van der Waals surface area contributed by atoms with E-state index in [2.05, 4.69) is 16.9 Å². The van der Waals surface area contributed by atoms with Crippen LogP contribution in [0.3, 0.4) is 0 Å². The van der Waals surface area contributed by atoms with Crippen molar-refractivity contribution in [1.82, 2.24) is 14.5 Å². The number of hydrogen-bond donors (Lipinski definition) is 3. The standard InChI is InChI=1S/C22H25N3O4/c1-2-3-16-15-8-9-25(21(15)24-11-23-16)22-19(28)18(27)20(29-22)17(26)14-7-5-12-4-6-13(12)10-14/h5,7-11,17-20,22,26-28H,2-4,6H2,1H3/t17-,18+,19-,20-,22-/m1/s1. The van der Waals surface area contributed by atoms with E-state index in [0.29, 0.717) is 11.2 Å². The highest BCUT2D eigenvalue weighted by molar-refractivity contribution is 5.78. The Bertz CT molecular complexity index is 1050. The molecular formula is C22H25N3O4. The Hall–Kier alpha value is -2.32. The van der Waals surface area contributed by atoms with E-state index in [1.807, 2.05) is 24.3 Å². The summed E-state index contributed by atoms with van der Waals surface area (Å²) in [5.41, 5.74) is 4.82. The predicted octanol–water partition coefficient (Wildman–Crippen LogP) is 1.84. The van der Waals surface area contributed by atoms with Gasteiger partial charge in [-0.15, -0.1) is 0 Å². The zero-order valence-corrected chi connectivity index (χ0v) is 16.3. The highest BCUT2D eigenvalue weighted by Crippen LogP contribution is 2.38. The van der Waals surface area contributed by atoms with Gasteiger partial charge in [-0.1, -0.05) is 31.5 Å². The first kappa shape index (κ1) is 18.7. The molecule has 0 spiro atoms. The summed E-state index contributed by atoms with van der Waals surface area (Å²) in [5.74, 6) is 0. The molecule has 29 heavy (non-hydrogen) atoms. The van der Waals surface area contributed by atoms with Gasteiger partial charge in [0.05, 0.1) is 5.69 Å². The highest BCUT2D eigenvalue weighted by Gasteiger charge is 2.47. The molecule has 0 amide bonds. The molecule has 3 heterocycles. The van der Waals surface area contributed by atoms with Crippen molar-refractivity contribution >= 4 is 11.0 Å². The molecule has 7 heteroatoms. The second kappa shape index (κ2) is 7.18. The van der Waals surface area contributed by atoms with Crippen LogP contribution in [0.1, 0.15) is 48.1 Å². The van der Waals surface area contributed by atoms with Gasteiger partial charge >= 0.3 is 0 Å². The lowest BCUT2D eigenvalue weighted by molar-refractivity contribution is -0.0848. The summed E-state index contributed by atoms with van der Waals surface area (Å²) >= 11 is 0. The molecular weight excluding hydrogens is 370 g/mol. The largest absolute Gasteiger partial charge is 0.387 e. The molecule has 0 unspecified atom stereocenters. The number of aryl methyl sites for hydroxylation is 3. The van der Waals surface area contributed by atoms with Gasteiger partial charge < -0.3 is 24.6 Å². The Morgan fingerprint density at radius 3 is 2.69 bits per heavy atom. The Balaban J connectivity index is 1.44. The SMILES string of the molecule is CCCc1ncnc2c1ccn2[C@@H]1O[C@H]([C@H](O)c2ccc3c(c2)CC3)[C@@H](O)[C@H]1O. The number of aromatic nitrogens is 3. The first-order valence-electron chi connectivity index (χ1n) is 10.2. The molecule has 1 fully saturated rings. The van der Waals surface area contributed by atoms with Crippen molar-refractivity contribution < 1.29 is 20.1 Å². The fraction of sp³-hybridized carbons (Fsp3) is 0.455. The van der Waals surface area contributed by atoms with Gasteiger partial charge in [0.25, 0.3) is 0 Å². The fourth-order valence-electron chi connectivity index (χ4n) is 4.43. The predicted molar refractivity (Wildman–Crippen MR) is 106 cm³/mol. The number of hydrogen-bond acceptors (Lipinski definition) is 6. The van der Waals surface area contributed by atoms with Gasteiger partial charge in [-0.25, -0.2) is 9.97 Å². The Kier molecular flexibility index (Phi) is 4.63. The Labute approximate surface area is 168 Å². The third kappa shape index (κ3) is 2.97. The summed E-state index contributed by atoms with van der Waals surface area (Å²) in [6.45, 7) is 2.09. The number of aliphatic hydroxyl groups is 3. The lowest BCUT2D eigenvalue weighted by atomic mass is 9.85. The zero-order chi connectivity index (χ0) is 20.1. The van der Waals surface area contributed by atoms with Gasteiger partial charge in [0.15, 0.2) is 6.23 Å². The first-order chi connectivity index (χ1) is 14.1. The molecule has 3 N–H and O–H groups in total. The van der Waals surface area contributed by atoms with Crippen molar-refractivity contribution in [2.24, 2.45) is 0 Å². The van der Waals surface area contributed by atoms with E-state index in [1.165, 1.54) is 17.5 Å². The topological polar surface area (TPSA) is 101 Å². The second-order valence-corrected chi connectivity index (χ2v) is 7.98. The van der Waals surface area contributed by atoms with Gasteiger partial charge in [-0.2, -0.15) is 0 Å². The van der Waals surface area contributed by atoms with Crippen LogP contribution in [0.5, 0.6) is 0 Å². The van der Waals surface area contributed by atoms with Gasteiger partial charge in [0.1, 0.15) is 36.4 Å². The van der Waals surface area contributed by atoms with E-state index >= 15 is 0 Å². The Morgan fingerprint density at radius 1 is 1.14 bits per heavy atom. The molecule has 2 aromatic heterocycles. The third-order valence-corrected chi connectivity index (χ3v) is 6.17. The number of ether oxygens (including phenoxy) is 1. The number of fused-ring (bicyclic) bond motifs is 2. The lowest BCUT2D eigenvalue weighted by Gasteiger charge is -2.25. The van der Waals surface area contributed by atoms with Gasteiger partial charge in [-0.05, 0) is 42.0 Å². The van der Waals surface area contributed by atoms with Gasteiger partial charge in [0.2, 0.25) is 0 Å². The molecule has 152 valence electrons. The van der Waals surface area contributed by atoms with Crippen molar-refractivity contribution in [3.8, 4) is 0 Å². The number of nitrogens with zero attached hydrogens (tertiary/aromatic N) is 3. The minimum absolute atomic E-state index is 0.649. The summed E-state index contributed by atoms with van der Waals surface area (Å²) < 4.78 is 7.71. The highest BCUT2D eigenvalue weighted by atomic mass is 16.6. The summed E-state index contributed by atoms with van der Waals surface area (Å²) in [7, 11) is 0. The number of rotatable bonds is 5. The average molecular weight is 395 g/mol. The maximum atomic E-state index is 10.9. The molecule has 5 rings (SSSR count). The van der Waals surface area contributed by atoms with E-state index in [1.54, 1.807) is 10.8 Å². The fourth-order valence-corrected chi connectivity index (χ4v) is 4.43. The van der Waals surface area contributed by atoms with Crippen molar-refractivity contribution in [2.45, 2.75) is 63.3 Å². The molecule has 7 nitrogen and oxygen atoms in total. The van der Waals surface area contributed by atoms with E-state index in [4.69, 9.17) is 4.74 Å². The smallest absolute Gasteiger partial charge is 0.164 e. The summed E-state index contributed by atoms with van der Waals surface area (Å²) in [6.07, 6.45) is 1.99. The van der Waals surface area contributed by atoms with E-state index in [-0.39, 0.29) is 0 Å². The van der Waals surface area contributed by atoms with Crippen molar-refractivity contribution in [3.05, 3.63) is 59.2 Å². The molecule has 1 saturated heterocycles. The number of benzene rings is 1. The van der Waals surface area contributed by atoms with Crippen LogP contribution in [-0.4, -0.2) is 48.2 Å². The zero-order valence-electron chi connectivity index (χ0n) is 16.3. The maximum Gasteiger partial charge on any atom is 0.164 e. The molecule has 5 atom stereocenters. The third-order valence-electron chi connectivity index (χ3n) is 6.17. The molecule has 0 saturated carbocycles. The minimum atomic E-state index is -1.21. The van der Waals surface area contributed by atoms with Crippen LogP contribution in [0.4, 0.5) is 0 Å². The second-order valence-electron chi connectivity index (χ2n) is 7.98. The van der Waals surface area contributed by atoms with Gasteiger partial charge in [-0.3, -0.25) is 0 Å². The summed E-state index contributed by atoms with van der Waals surface area (Å²) in [6, 6.07) is 7.75. The van der Waals surface area contributed by atoms with Crippen molar-refractivity contribution in [1.29, 1.82) is 0 Å². The monoisotopic (exact) mass is 395 g/mol. The quantitative estimate of drug-likeness (QED) is 0.609. The molecule has 2 aliphatic rings. The van der Waals surface area contributed by atoms with Crippen LogP contribution in [0.2, 0.25) is 0 Å². The molecule has 0 radical (unpaired) electrons. The Morgan fingerprint density at radius 2 is 1.97 bits per heavy atom. The summed E-state index contributed by atoms with van der Waals surface area (Å²) in [4.78, 5) is 8.72. The average Bonchev–Trinajstić information content (AvgIpc) is 3.25. The van der Waals surface area contributed by atoms with Crippen LogP contribution in [-0.2, 0) is 24.0 Å².